The van der Waals surface area contributed by atoms with Crippen LogP contribution in [0, 0.1) is 0 Å². The summed E-state index contributed by atoms with van der Waals surface area (Å²) in [4.78, 5) is 8.56. The summed E-state index contributed by atoms with van der Waals surface area (Å²) >= 11 is 0. The van der Waals surface area contributed by atoms with Crippen molar-refractivity contribution in [2.75, 3.05) is 0 Å². The van der Waals surface area contributed by atoms with E-state index in [0.717, 1.165) is 0 Å². The van der Waals surface area contributed by atoms with E-state index in [1.165, 1.54) is 47.9 Å². The first-order chi connectivity index (χ1) is 10.6. The van der Waals surface area contributed by atoms with Crippen molar-refractivity contribution in [3.63, 3.8) is 0 Å². The summed E-state index contributed by atoms with van der Waals surface area (Å²) in [6.07, 6.45) is 3.45. The van der Waals surface area contributed by atoms with E-state index in [-0.39, 0.29) is 0 Å². The highest BCUT2D eigenvalue weighted by Crippen LogP contribution is 2.46. The zero-order valence-electron chi connectivity index (χ0n) is 12.8. The molecule has 3 heteroatoms. The molecule has 116 valence electrons. The van der Waals surface area contributed by atoms with Crippen molar-refractivity contribution in [2.24, 2.45) is 0 Å². The van der Waals surface area contributed by atoms with Crippen LogP contribution in [-0.4, -0.2) is 16.4 Å². The topological polar surface area (TPSA) is 57.5 Å². The molecule has 1 aliphatic rings. The van der Waals surface area contributed by atoms with E-state index < -0.39 is 6.16 Å². The number of rotatable bonds is 4. The molecule has 0 fully saturated rings. The van der Waals surface area contributed by atoms with Gasteiger partial charge in [-0.1, -0.05) is 74.7 Å². The Hall–Kier alpha value is -2.29. The molecule has 0 atom stereocenters. The van der Waals surface area contributed by atoms with E-state index in [4.69, 9.17) is 15.0 Å². The van der Waals surface area contributed by atoms with Gasteiger partial charge in [0.2, 0.25) is 0 Å². The van der Waals surface area contributed by atoms with E-state index in [9.17, 15) is 0 Å². The van der Waals surface area contributed by atoms with E-state index in [1.54, 1.807) is 0 Å². The van der Waals surface area contributed by atoms with Crippen molar-refractivity contribution < 1.29 is 15.0 Å². The fourth-order valence-corrected chi connectivity index (χ4v) is 3.17. The van der Waals surface area contributed by atoms with Gasteiger partial charge in [0.25, 0.3) is 0 Å². The molecule has 22 heavy (non-hydrogen) atoms. The molecule has 0 aliphatic heterocycles. The Morgan fingerprint density at radius 3 is 1.82 bits per heavy atom. The average molecular weight is 298 g/mol. The van der Waals surface area contributed by atoms with E-state index in [1.807, 2.05) is 0 Å². The standard InChI is InChI=1S/C18H20.CH2O3/c1-2-3-4-9-14-15-10-5-7-12-17(15)18-13-8-6-11-16(14)18;2-1(3)4/h5-8,10-14H,2-4,9H2,1H3;(H2,2,3,4). The zero-order valence-corrected chi connectivity index (χ0v) is 12.8. The SMILES string of the molecule is CCCCCC1c2ccccc2-c2ccccc21.O=C(O)O. The van der Waals surface area contributed by atoms with Crippen LogP contribution in [0.15, 0.2) is 48.5 Å². The van der Waals surface area contributed by atoms with E-state index in [0.29, 0.717) is 5.92 Å². The monoisotopic (exact) mass is 298 g/mol. The van der Waals surface area contributed by atoms with Crippen LogP contribution in [0.3, 0.4) is 0 Å². The van der Waals surface area contributed by atoms with Crippen molar-refractivity contribution in [1.29, 1.82) is 0 Å². The fourth-order valence-electron chi connectivity index (χ4n) is 3.17. The summed E-state index contributed by atoms with van der Waals surface area (Å²) in [6, 6.07) is 17.8. The molecule has 0 saturated carbocycles. The lowest BCUT2D eigenvalue weighted by atomic mass is 9.91. The molecule has 2 N–H and O–H groups in total. The van der Waals surface area contributed by atoms with Gasteiger partial charge in [-0.15, -0.1) is 0 Å². The highest BCUT2D eigenvalue weighted by Gasteiger charge is 2.26. The third-order valence-electron chi connectivity index (χ3n) is 4.06. The van der Waals surface area contributed by atoms with Crippen LogP contribution in [0.2, 0.25) is 0 Å². The first kappa shape index (κ1) is 16.1. The van der Waals surface area contributed by atoms with Crippen molar-refractivity contribution in [3.8, 4) is 11.1 Å². The average Bonchev–Trinajstić information content (AvgIpc) is 2.82. The van der Waals surface area contributed by atoms with Crippen LogP contribution in [0.5, 0.6) is 0 Å². The summed E-state index contributed by atoms with van der Waals surface area (Å²) in [5.74, 6) is 0.629. The van der Waals surface area contributed by atoms with Gasteiger partial charge in [-0.05, 0) is 28.7 Å². The van der Waals surface area contributed by atoms with E-state index >= 15 is 0 Å². The molecule has 0 bridgehead atoms. The van der Waals surface area contributed by atoms with Crippen molar-refractivity contribution in [2.45, 2.75) is 38.5 Å². The Morgan fingerprint density at radius 1 is 0.909 bits per heavy atom. The molecule has 3 nitrogen and oxygen atoms in total. The van der Waals surface area contributed by atoms with Crippen molar-refractivity contribution in [1.82, 2.24) is 0 Å². The predicted molar refractivity (Wildman–Crippen MR) is 88.5 cm³/mol. The first-order valence-corrected chi connectivity index (χ1v) is 7.75. The third-order valence-corrected chi connectivity index (χ3v) is 4.06. The van der Waals surface area contributed by atoms with Gasteiger partial charge in [0, 0.05) is 5.92 Å². The predicted octanol–water partition coefficient (Wildman–Crippen LogP) is 5.60. The molecule has 2 aromatic carbocycles. The lowest BCUT2D eigenvalue weighted by Crippen LogP contribution is -1.96. The van der Waals surface area contributed by atoms with Crippen LogP contribution in [0.4, 0.5) is 4.79 Å². The first-order valence-electron chi connectivity index (χ1n) is 7.75. The Kier molecular flexibility index (Phi) is 5.59. The number of fused-ring (bicyclic) bond motifs is 3. The Morgan fingerprint density at radius 2 is 1.36 bits per heavy atom. The molecule has 0 heterocycles. The van der Waals surface area contributed by atoms with Gasteiger partial charge >= 0.3 is 6.16 Å². The summed E-state index contributed by atoms with van der Waals surface area (Å²) in [5.41, 5.74) is 5.98. The second-order valence-corrected chi connectivity index (χ2v) is 5.51. The molecular formula is C19H22O3. The van der Waals surface area contributed by atoms with Crippen LogP contribution in [0.25, 0.3) is 11.1 Å². The fraction of sp³-hybridized carbons (Fsp3) is 0.316. The number of hydrogen-bond acceptors (Lipinski definition) is 1. The Balaban J connectivity index is 0.000000396. The second-order valence-electron chi connectivity index (χ2n) is 5.51. The second kappa shape index (κ2) is 7.64. The van der Waals surface area contributed by atoms with Gasteiger partial charge in [-0.25, -0.2) is 4.79 Å². The van der Waals surface area contributed by atoms with Crippen LogP contribution < -0.4 is 0 Å². The number of unbranched alkanes of at least 4 members (excludes halogenated alkanes) is 2. The number of carbonyl (C=O) groups is 1. The third kappa shape index (κ3) is 3.67. The van der Waals surface area contributed by atoms with Crippen LogP contribution in [0.1, 0.15) is 49.7 Å². The van der Waals surface area contributed by atoms with Gasteiger partial charge < -0.3 is 10.2 Å². The van der Waals surface area contributed by atoms with Gasteiger partial charge in [0.15, 0.2) is 0 Å². The molecule has 0 amide bonds. The molecule has 0 saturated heterocycles. The molecule has 0 spiro atoms. The maximum Gasteiger partial charge on any atom is 0.503 e. The quantitative estimate of drug-likeness (QED) is 0.722. The number of benzene rings is 2. The molecule has 2 aromatic rings. The summed E-state index contributed by atoms with van der Waals surface area (Å²) in [5, 5.41) is 13.9. The number of carboxylic acid groups (broad SMARTS) is 2. The van der Waals surface area contributed by atoms with Gasteiger partial charge in [0.05, 0.1) is 0 Å². The molecule has 1 aliphatic carbocycles. The summed E-state index contributed by atoms with van der Waals surface area (Å²) in [6.45, 7) is 2.27. The lowest BCUT2D eigenvalue weighted by molar-refractivity contribution is 0.137. The maximum absolute atomic E-state index is 8.56. The smallest absolute Gasteiger partial charge is 0.450 e. The van der Waals surface area contributed by atoms with Crippen molar-refractivity contribution in [3.05, 3.63) is 59.7 Å². The Bertz CT molecular complexity index is 585. The minimum Gasteiger partial charge on any atom is -0.450 e. The number of hydrogen-bond donors (Lipinski definition) is 2. The Labute approximate surface area is 131 Å². The molecule has 0 radical (unpaired) electrons. The highest BCUT2D eigenvalue weighted by molar-refractivity contribution is 5.78. The van der Waals surface area contributed by atoms with Gasteiger partial charge in [0.1, 0.15) is 0 Å². The van der Waals surface area contributed by atoms with Gasteiger partial charge in [-0.3, -0.25) is 0 Å². The highest BCUT2D eigenvalue weighted by atomic mass is 16.6. The van der Waals surface area contributed by atoms with Gasteiger partial charge in [-0.2, -0.15) is 0 Å². The van der Waals surface area contributed by atoms with Crippen LogP contribution in [-0.2, 0) is 0 Å². The van der Waals surface area contributed by atoms with Crippen LogP contribution >= 0.6 is 0 Å². The summed E-state index contributed by atoms with van der Waals surface area (Å²) in [7, 11) is 0. The molecule has 0 unspecified atom stereocenters. The molecular weight excluding hydrogens is 276 g/mol. The maximum atomic E-state index is 8.56. The largest absolute Gasteiger partial charge is 0.503 e. The van der Waals surface area contributed by atoms with Crippen molar-refractivity contribution >= 4 is 6.16 Å². The zero-order chi connectivity index (χ0) is 15.9. The summed E-state index contributed by atoms with van der Waals surface area (Å²) < 4.78 is 0. The lowest BCUT2D eigenvalue weighted by Gasteiger charge is -2.13. The van der Waals surface area contributed by atoms with E-state index in [2.05, 4.69) is 55.5 Å². The minimum absolute atomic E-state index is 0.629. The normalized spacial score (nSPS) is 12.0. The minimum atomic E-state index is -1.83. The molecule has 0 aromatic heterocycles. The molecule has 3 rings (SSSR count).